The molecule has 0 bridgehead atoms. The van der Waals surface area contributed by atoms with Crippen molar-refractivity contribution in [3.05, 3.63) is 102 Å². The zero-order valence-electron chi connectivity index (χ0n) is 16.4. The summed E-state index contributed by atoms with van der Waals surface area (Å²) in [6.45, 7) is 0.640. The summed E-state index contributed by atoms with van der Waals surface area (Å²) in [5.74, 6) is -0.225. The van der Waals surface area contributed by atoms with Gasteiger partial charge in [-0.2, -0.15) is 0 Å². The van der Waals surface area contributed by atoms with Gasteiger partial charge in [0.2, 0.25) is 5.91 Å². The first kappa shape index (κ1) is 19.2. The summed E-state index contributed by atoms with van der Waals surface area (Å²) in [6.07, 6.45) is 3.26. The van der Waals surface area contributed by atoms with Crippen LogP contribution in [-0.4, -0.2) is 10.9 Å². The number of fused-ring (bicyclic) bond motifs is 1. The number of para-hydroxylation sites is 3. The fourth-order valence-electron chi connectivity index (χ4n) is 3.07. The first-order valence-electron chi connectivity index (χ1n) is 9.69. The van der Waals surface area contributed by atoms with Crippen molar-refractivity contribution in [3.8, 4) is 0 Å². The molecule has 5 heteroatoms. The Kier molecular flexibility index (Phi) is 5.71. The number of nitrogens with two attached hydrogens (primary N) is 1. The van der Waals surface area contributed by atoms with E-state index in [1.54, 1.807) is 18.2 Å². The first-order valence-corrected chi connectivity index (χ1v) is 9.69. The SMILES string of the molecule is Nc1ccccc1NC(=O)/C=C/c1ccc(NCc2ccc3ccccc3n2)cc1. The average molecular weight is 394 g/mol. The molecule has 4 aromatic rings. The largest absolute Gasteiger partial charge is 0.397 e. The summed E-state index contributed by atoms with van der Waals surface area (Å²) in [5, 5.41) is 7.29. The summed E-state index contributed by atoms with van der Waals surface area (Å²) < 4.78 is 0. The minimum atomic E-state index is -0.225. The van der Waals surface area contributed by atoms with Crippen LogP contribution in [0.25, 0.3) is 17.0 Å². The molecule has 0 atom stereocenters. The van der Waals surface area contributed by atoms with E-state index in [0.29, 0.717) is 17.9 Å². The van der Waals surface area contributed by atoms with Crippen LogP contribution in [-0.2, 0) is 11.3 Å². The summed E-state index contributed by atoms with van der Waals surface area (Å²) in [4.78, 5) is 16.8. The van der Waals surface area contributed by atoms with Crippen molar-refractivity contribution in [2.24, 2.45) is 0 Å². The van der Waals surface area contributed by atoms with Crippen molar-refractivity contribution in [2.75, 3.05) is 16.4 Å². The second kappa shape index (κ2) is 8.92. The first-order chi connectivity index (χ1) is 14.7. The Balaban J connectivity index is 1.33. The fourth-order valence-corrected chi connectivity index (χ4v) is 3.07. The number of carbonyl (C=O) groups is 1. The lowest BCUT2D eigenvalue weighted by molar-refractivity contribution is -0.111. The number of benzene rings is 3. The van der Waals surface area contributed by atoms with Gasteiger partial charge in [0.15, 0.2) is 0 Å². The summed E-state index contributed by atoms with van der Waals surface area (Å²) in [6, 6.07) is 27.2. The van der Waals surface area contributed by atoms with Gasteiger partial charge in [0.25, 0.3) is 0 Å². The molecule has 0 saturated heterocycles. The van der Waals surface area contributed by atoms with Gasteiger partial charge < -0.3 is 16.4 Å². The van der Waals surface area contributed by atoms with E-state index in [9.17, 15) is 4.79 Å². The molecule has 4 rings (SSSR count). The van der Waals surface area contributed by atoms with Crippen molar-refractivity contribution in [1.29, 1.82) is 0 Å². The lowest BCUT2D eigenvalue weighted by Gasteiger charge is -2.07. The molecule has 5 nitrogen and oxygen atoms in total. The lowest BCUT2D eigenvalue weighted by atomic mass is 10.2. The van der Waals surface area contributed by atoms with Crippen LogP contribution in [0, 0.1) is 0 Å². The summed E-state index contributed by atoms with van der Waals surface area (Å²) in [5.41, 5.74) is 10.9. The molecule has 3 aromatic carbocycles. The van der Waals surface area contributed by atoms with Crippen molar-refractivity contribution < 1.29 is 4.79 Å². The molecule has 0 fully saturated rings. The number of hydrogen-bond acceptors (Lipinski definition) is 4. The Morgan fingerprint density at radius 3 is 2.50 bits per heavy atom. The quantitative estimate of drug-likeness (QED) is 0.315. The van der Waals surface area contributed by atoms with E-state index in [4.69, 9.17) is 5.73 Å². The molecule has 1 heterocycles. The number of amides is 1. The van der Waals surface area contributed by atoms with Crippen LogP contribution < -0.4 is 16.4 Å². The van der Waals surface area contributed by atoms with Gasteiger partial charge in [0.05, 0.1) is 29.1 Å². The zero-order chi connectivity index (χ0) is 20.8. The highest BCUT2D eigenvalue weighted by molar-refractivity contribution is 6.03. The van der Waals surface area contributed by atoms with Crippen LogP contribution in [0.15, 0.2) is 91.0 Å². The van der Waals surface area contributed by atoms with Crippen LogP contribution in [0.3, 0.4) is 0 Å². The van der Waals surface area contributed by atoms with Crippen LogP contribution >= 0.6 is 0 Å². The van der Waals surface area contributed by atoms with Crippen LogP contribution in [0.5, 0.6) is 0 Å². The summed E-state index contributed by atoms with van der Waals surface area (Å²) >= 11 is 0. The van der Waals surface area contributed by atoms with Gasteiger partial charge in [-0.25, -0.2) is 0 Å². The third-order valence-corrected chi connectivity index (χ3v) is 4.69. The number of aromatic nitrogens is 1. The number of anilines is 3. The van der Waals surface area contributed by atoms with Crippen LogP contribution in [0.4, 0.5) is 17.1 Å². The second-order valence-corrected chi connectivity index (χ2v) is 6.88. The summed E-state index contributed by atoms with van der Waals surface area (Å²) in [7, 11) is 0. The van der Waals surface area contributed by atoms with E-state index in [2.05, 4.69) is 27.8 Å². The molecule has 1 amide bonds. The number of pyridine rings is 1. The Hall–Kier alpha value is -4.12. The molecular formula is C25H22N4O. The standard InChI is InChI=1S/C25H22N4O/c26-22-6-2-4-8-24(22)29-25(30)16-11-18-9-13-20(14-10-18)27-17-21-15-12-19-5-1-3-7-23(19)28-21/h1-16,27H,17,26H2,(H,29,30)/b16-11+. The van der Waals surface area contributed by atoms with Gasteiger partial charge in [-0.1, -0.05) is 48.5 Å². The zero-order valence-corrected chi connectivity index (χ0v) is 16.4. The number of rotatable bonds is 6. The van der Waals surface area contributed by atoms with E-state index in [-0.39, 0.29) is 5.91 Å². The van der Waals surface area contributed by atoms with E-state index in [0.717, 1.165) is 27.8 Å². The number of hydrogen-bond donors (Lipinski definition) is 3. The lowest BCUT2D eigenvalue weighted by Crippen LogP contribution is -2.09. The van der Waals surface area contributed by atoms with E-state index in [1.807, 2.05) is 60.7 Å². The molecule has 0 spiro atoms. The van der Waals surface area contributed by atoms with E-state index < -0.39 is 0 Å². The molecule has 4 N–H and O–H groups in total. The smallest absolute Gasteiger partial charge is 0.248 e. The normalized spacial score (nSPS) is 10.9. The van der Waals surface area contributed by atoms with E-state index >= 15 is 0 Å². The number of nitrogens with zero attached hydrogens (tertiary/aromatic N) is 1. The molecule has 148 valence electrons. The van der Waals surface area contributed by atoms with Crippen molar-refractivity contribution in [3.63, 3.8) is 0 Å². The topological polar surface area (TPSA) is 80.0 Å². The van der Waals surface area contributed by atoms with Gasteiger partial charge in [-0.15, -0.1) is 0 Å². The second-order valence-electron chi connectivity index (χ2n) is 6.88. The molecule has 0 aliphatic heterocycles. The molecule has 1 aromatic heterocycles. The monoisotopic (exact) mass is 394 g/mol. The fraction of sp³-hybridized carbons (Fsp3) is 0.0400. The van der Waals surface area contributed by atoms with Gasteiger partial charge in [0, 0.05) is 17.1 Å². The highest BCUT2D eigenvalue weighted by Crippen LogP contribution is 2.17. The maximum atomic E-state index is 12.1. The van der Waals surface area contributed by atoms with Crippen LogP contribution in [0.1, 0.15) is 11.3 Å². The molecular weight excluding hydrogens is 372 g/mol. The Labute approximate surface area is 175 Å². The Morgan fingerprint density at radius 1 is 0.900 bits per heavy atom. The highest BCUT2D eigenvalue weighted by atomic mass is 16.1. The number of nitrogen functional groups attached to an aromatic ring is 1. The highest BCUT2D eigenvalue weighted by Gasteiger charge is 2.01. The number of carbonyl (C=O) groups excluding carboxylic acids is 1. The Morgan fingerprint density at radius 2 is 1.67 bits per heavy atom. The molecule has 30 heavy (non-hydrogen) atoms. The average Bonchev–Trinajstić information content (AvgIpc) is 2.78. The molecule has 0 unspecified atom stereocenters. The third kappa shape index (κ3) is 4.83. The Bertz CT molecular complexity index is 1200. The van der Waals surface area contributed by atoms with Gasteiger partial charge in [0.1, 0.15) is 0 Å². The van der Waals surface area contributed by atoms with E-state index in [1.165, 1.54) is 6.08 Å². The maximum absolute atomic E-state index is 12.1. The van der Waals surface area contributed by atoms with Crippen molar-refractivity contribution in [1.82, 2.24) is 4.98 Å². The number of nitrogens with one attached hydrogen (secondary N) is 2. The van der Waals surface area contributed by atoms with Gasteiger partial charge in [-0.05, 0) is 48.0 Å². The van der Waals surface area contributed by atoms with Crippen molar-refractivity contribution >= 4 is 39.9 Å². The molecule has 0 radical (unpaired) electrons. The predicted octanol–water partition coefficient (Wildman–Crippen LogP) is 5.08. The predicted molar refractivity (Wildman–Crippen MR) is 124 cm³/mol. The maximum Gasteiger partial charge on any atom is 0.248 e. The van der Waals surface area contributed by atoms with Crippen LogP contribution in [0.2, 0.25) is 0 Å². The minimum absolute atomic E-state index is 0.225. The van der Waals surface area contributed by atoms with Crippen molar-refractivity contribution in [2.45, 2.75) is 6.54 Å². The molecule has 0 aliphatic rings. The minimum Gasteiger partial charge on any atom is -0.397 e. The van der Waals surface area contributed by atoms with Gasteiger partial charge in [-0.3, -0.25) is 9.78 Å². The third-order valence-electron chi connectivity index (χ3n) is 4.69. The molecule has 0 aliphatic carbocycles. The van der Waals surface area contributed by atoms with Gasteiger partial charge >= 0.3 is 0 Å². The molecule has 0 saturated carbocycles.